The largest absolute Gasteiger partial charge is 0.459 e. The van der Waals surface area contributed by atoms with Gasteiger partial charge in [-0.2, -0.15) is 0 Å². The summed E-state index contributed by atoms with van der Waals surface area (Å²) in [6.07, 6.45) is -4.08. The van der Waals surface area contributed by atoms with Gasteiger partial charge < -0.3 is 24.7 Å². The van der Waals surface area contributed by atoms with Gasteiger partial charge in [0.1, 0.15) is 12.7 Å². The second-order valence-corrected chi connectivity index (χ2v) is 9.24. The zero-order valence-corrected chi connectivity index (χ0v) is 20.9. The highest BCUT2D eigenvalue weighted by atomic mass is 79.9. The standard InChI is InChI=1S/C27H22BrNO8/c28-27(26(29)33)22(36-25(32)19-14-8-3-9-15-19)21(35-24(31)18-12-6-2-7-13-18)20(37-27)16-34-23(30)17-10-4-1-5-11-17/h1-15,20-22H,16H2,(H2,29,33)/t20-,21?,22?,27-/m1/s1. The van der Waals surface area contributed by atoms with Gasteiger partial charge in [0.05, 0.1) is 16.7 Å². The molecule has 1 heterocycles. The van der Waals surface area contributed by atoms with Crippen LogP contribution in [0.25, 0.3) is 0 Å². The van der Waals surface area contributed by atoms with Gasteiger partial charge in [-0.05, 0) is 52.3 Å². The molecule has 37 heavy (non-hydrogen) atoms. The topological polar surface area (TPSA) is 131 Å². The Morgan fingerprint density at radius 1 is 0.730 bits per heavy atom. The van der Waals surface area contributed by atoms with Gasteiger partial charge >= 0.3 is 17.9 Å². The minimum atomic E-state index is -2.07. The van der Waals surface area contributed by atoms with E-state index in [0.717, 1.165) is 0 Å². The van der Waals surface area contributed by atoms with Crippen molar-refractivity contribution in [1.82, 2.24) is 0 Å². The number of nitrogens with two attached hydrogens (primary N) is 1. The molecule has 1 fully saturated rings. The molecular weight excluding hydrogens is 546 g/mol. The zero-order chi connectivity index (χ0) is 26.4. The van der Waals surface area contributed by atoms with E-state index in [4.69, 9.17) is 24.7 Å². The van der Waals surface area contributed by atoms with Crippen LogP contribution in [0.5, 0.6) is 0 Å². The summed E-state index contributed by atoms with van der Waals surface area (Å²) in [7, 11) is 0. The molecule has 2 unspecified atom stereocenters. The molecular formula is C27H22BrNO8. The molecule has 0 radical (unpaired) electrons. The quantitative estimate of drug-likeness (QED) is 0.249. The van der Waals surface area contributed by atoms with Crippen molar-refractivity contribution in [2.24, 2.45) is 5.73 Å². The van der Waals surface area contributed by atoms with E-state index in [1.165, 1.54) is 24.3 Å². The van der Waals surface area contributed by atoms with Crippen LogP contribution >= 0.6 is 15.9 Å². The van der Waals surface area contributed by atoms with E-state index in [-0.39, 0.29) is 16.7 Å². The lowest BCUT2D eigenvalue weighted by Crippen LogP contribution is -2.51. The van der Waals surface area contributed by atoms with Crippen LogP contribution in [0.4, 0.5) is 0 Å². The van der Waals surface area contributed by atoms with Gasteiger partial charge in [0.2, 0.25) is 4.51 Å². The number of carbonyl (C=O) groups is 4. The minimum Gasteiger partial charge on any atom is -0.459 e. The number of carbonyl (C=O) groups excluding carboxylic acids is 4. The van der Waals surface area contributed by atoms with Crippen LogP contribution in [0.1, 0.15) is 31.1 Å². The summed E-state index contributed by atoms with van der Waals surface area (Å²) in [5.74, 6) is -3.27. The monoisotopic (exact) mass is 567 g/mol. The Kier molecular flexibility index (Phi) is 8.00. The summed E-state index contributed by atoms with van der Waals surface area (Å²) in [4.78, 5) is 50.8. The fraction of sp³-hybridized carbons (Fsp3) is 0.185. The van der Waals surface area contributed by atoms with E-state index in [1.807, 2.05) is 0 Å². The van der Waals surface area contributed by atoms with E-state index in [2.05, 4.69) is 15.9 Å². The van der Waals surface area contributed by atoms with Gasteiger partial charge in [-0.3, -0.25) is 4.79 Å². The lowest BCUT2D eigenvalue weighted by molar-refractivity contribution is -0.136. The molecule has 9 nitrogen and oxygen atoms in total. The van der Waals surface area contributed by atoms with Crippen LogP contribution in [-0.2, 0) is 23.7 Å². The first-order valence-corrected chi connectivity index (χ1v) is 12.0. The number of hydrogen-bond donors (Lipinski definition) is 1. The average molecular weight is 568 g/mol. The zero-order valence-electron chi connectivity index (χ0n) is 19.3. The Bertz CT molecular complexity index is 1270. The van der Waals surface area contributed by atoms with Gasteiger partial charge in [-0.25, -0.2) is 14.4 Å². The molecule has 1 amide bonds. The van der Waals surface area contributed by atoms with Crippen molar-refractivity contribution in [3.63, 3.8) is 0 Å². The molecule has 0 spiro atoms. The summed E-state index contributed by atoms with van der Waals surface area (Å²) in [6, 6.07) is 24.3. The molecule has 4 rings (SSSR count). The highest BCUT2D eigenvalue weighted by Crippen LogP contribution is 2.41. The second kappa shape index (κ2) is 11.4. The highest BCUT2D eigenvalue weighted by molar-refractivity contribution is 9.10. The van der Waals surface area contributed by atoms with E-state index in [1.54, 1.807) is 66.7 Å². The summed E-state index contributed by atoms with van der Waals surface area (Å²) < 4.78 is 20.4. The molecule has 4 atom stereocenters. The van der Waals surface area contributed by atoms with Crippen molar-refractivity contribution in [3.05, 3.63) is 108 Å². The predicted molar refractivity (Wildman–Crippen MR) is 134 cm³/mol. The molecule has 10 heteroatoms. The lowest BCUT2D eigenvalue weighted by atomic mass is 10.1. The van der Waals surface area contributed by atoms with E-state index in [0.29, 0.717) is 0 Å². The maximum atomic E-state index is 12.9. The summed E-state index contributed by atoms with van der Waals surface area (Å²) >= 11 is 3.15. The Labute approximate surface area is 220 Å². The smallest absolute Gasteiger partial charge is 0.338 e. The van der Waals surface area contributed by atoms with Crippen molar-refractivity contribution < 1.29 is 38.1 Å². The summed E-state index contributed by atoms with van der Waals surface area (Å²) in [5.41, 5.74) is 6.28. The molecule has 0 aliphatic carbocycles. The molecule has 3 aromatic rings. The fourth-order valence-corrected chi connectivity index (χ4v) is 4.30. The first-order chi connectivity index (χ1) is 17.8. The van der Waals surface area contributed by atoms with Crippen molar-refractivity contribution in [3.8, 4) is 0 Å². The van der Waals surface area contributed by atoms with Crippen LogP contribution in [-0.4, -0.2) is 53.2 Å². The molecule has 1 aliphatic rings. The molecule has 1 aliphatic heterocycles. The number of primary amides is 1. The molecule has 0 aromatic heterocycles. The van der Waals surface area contributed by atoms with E-state index in [9.17, 15) is 19.2 Å². The maximum absolute atomic E-state index is 12.9. The Morgan fingerprint density at radius 2 is 1.16 bits per heavy atom. The SMILES string of the molecule is NC(=O)[C@]1(Br)O[C@H](COC(=O)c2ccccc2)C(OC(=O)c2ccccc2)C1OC(=O)c1ccccc1. The summed E-state index contributed by atoms with van der Waals surface area (Å²) in [6.45, 7) is -0.430. The molecule has 190 valence electrons. The highest BCUT2D eigenvalue weighted by Gasteiger charge is 2.62. The number of benzene rings is 3. The number of hydrogen-bond acceptors (Lipinski definition) is 8. The van der Waals surface area contributed by atoms with Crippen molar-refractivity contribution >= 4 is 39.7 Å². The number of esters is 3. The third kappa shape index (κ3) is 5.87. The van der Waals surface area contributed by atoms with E-state index < -0.39 is 53.2 Å². The lowest BCUT2D eigenvalue weighted by Gasteiger charge is -2.27. The Hall–Kier alpha value is -4.02. The molecule has 1 saturated heterocycles. The predicted octanol–water partition coefficient (Wildman–Crippen LogP) is 3.27. The van der Waals surface area contributed by atoms with Crippen molar-refractivity contribution in [1.29, 1.82) is 0 Å². The third-order valence-electron chi connectivity index (χ3n) is 5.57. The Morgan fingerprint density at radius 3 is 1.62 bits per heavy atom. The van der Waals surface area contributed by atoms with Gasteiger partial charge in [-0.15, -0.1) is 0 Å². The number of rotatable bonds is 8. The molecule has 0 saturated carbocycles. The maximum Gasteiger partial charge on any atom is 0.338 e. The van der Waals surface area contributed by atoms with Gasteiger partial charge in [0.15, 0.2) is 12.2 Å². The van der Waals surface area contributed by atoms with Gasteiger partial charge in [0.25, 0.3) is 5.91 Å². The Balaban J connectivity index is 1.63. The normalized spacial score (nSPS) is 22.6. The number of ether oxygens (including phenoxy) is 4. The molecule has 0 bridgehead atoms. The van der Waals surface area contributed by atoms with Crippen LogP contribution in [0.3, 0.4) is 0 Å². The van der Waals surface area contributed by atoms with Crippen molar-refractivity contribution in [2.75, 3.05) is 6.61 Å². The van der Waals surface area contributed by atoms with Crippen molar-refractivity contribution in [2.45, 2.75) is 22.8 Å². The second-order valence-electron chi connectivity index (χ2n) is 8.06. The van der Waals surface area contributed by atoms with Crippen LogP contribution < -0.4 is 5.73 Å². The van der Waals surface area contributed by atoms with Crippen LogP contribution in [0.15, 0.2) is 91.0 Å². The average Bonchev–Trinajstić information content (AvgIpc) is 3.20. The minimum absolute atomic E-state index is 0.189. The number of alkyl halides is 1. The number of halogens is 1. The first-order valence-electron chi connectivity index (χ1n) is 11.2. The van der Waals surface area contributed by atoms with E-state index >= 15 is 0 Å². The first kappa shape index (κ1) is 26.1. The summed E-state index contributed by atoms with van der Waals surface area (Å²) in [5, 5.41) is 0. The third-order valence-corrected chi connectivity index (χ3v) is 6.60. The number of amides is 1. The van der Waals surface area contributed by atoms with Gasteiger partial charge in [-0.1, -0.05) is 54.6 Å². The fourth-order valence-electron chi connectivity index (χ4n) is 3.71. The molecule has 2 N–H and O–H groups in total. The van der Waals surface area contributed by atoms with Crippen LogP contribution in [0.2, 0.25) is 0 Å². The van der Waals surface area contributed by atoms with Crippen LogP contribution in [0, 0.1) is 0 Å². The van der Waals surface area contributed by atoms with Gasteiger partial charge in [0, 0.05) is 0 Å². The molecule has 3 aromatic carbocycles.